The zero-order valence-corrected chi connectivity index (χ0v) is 18.2. The van der Waals surface area contributed by atoms with E-state index in [-0.39, 0.29) is 5.97 Å². The summed E-state index contributed by atoms with van der Waals surface area (Å²) in [7, 11) is 0. The molecule has 22 heavy (non-hydrogen) atoms. The Morgan fingerprint density at radius 2 is 1.68 bits per heavy atom. The van der Waals surface area contributed by atoms with Crippen LogP contribution in [0.3, 0.4) is 0 Å². The summed E-state index contributed by atoms with van der Waals surface area (Å²) in [4.78, 5) is 30.2. The topological polar surface area (TPSA) is 78.9 Å². The number of benzene rings is 1. The number of hydrogen-bond donors (Lipinski definition) is 0. The monoisotopic (exact) mass is 568 g/mol. The predicted molar refractivity (Wildman–Crippen MR) is 84.1 cm³/mol. The Morgan fingerprint density at radius 3 is 2.09 bits per heavy atom. The second-order valence-corrected chi connectivity index (χ2v) is 7.12. The fraction of sp³-hybridized carbons (Fsp3) is 0.357. The van der Waals surface area contributed by atoms with Crippen molar-refractivity contribution in [2.75, 3.05) is 0 Å². The van der Waals surface area contributed by atoms with Crippen LogP contribution < -0.4 is 2.69 Å². The number of ether oxygens (including phenoxy) is 1. The van der Waals surface area contributed by atoms with E-state index >= 15 is 0 Å². The SMILES string of the molecule is CC(=O)OC(C)=O.CCc1cc(Br)ccc1[O][Pb][O]C(C)=O. The van der Waals surface area contributed by atoms with Gasteiger partial charge in [-0.15, -0.1) is 0 Å². The van der Waals surface area contributed by atoms with Crippen molar-refractivity contribution >= 4 is 59.0 Å². The second kappa shape index (κ2) is 11.6. The third-order valence-electron chi connectivity index (χ3n) is 2.03. The fourth-order valence-corrected chi connectivity index (χ4v) is 3.40. The van der Waals surface area contributed by atoms with Gasteiger partial charge < -0.3 is 4.74 Å². The van der Waals surface area contributed by atoms with Gasteiger partial charge in [-0.1, -0.05) is 0 Å². The summed E-state index contributed by atoms with van der Waals surface area (Å²) >= 11 is 1.68. The van der Waals surface area contributed by atoms with Gasteiger partial charge in [-0.25, -0.2) is 0 Å². The predicted octanol–water partition coefficient (Wildman–Crippen LogP) is 2.58. The minimum absolute atomic E-state index is 0.256. The quantitative estimate of drug-likeness (QED) is 0.316. The molecular formula is C14H17BrO6Pb. The molecule has 0 amide bonds. The number of hydrogen-bond acceptors (Lipinski definition) is 6. The van der Waals surface area contributed by atoms with Crippen molar-refractivity contribution in [3.63, 3.8) is 0 Å². The zero-order valence-electron chi connectivity index (χ0n) is 12.8. The van der Waals surface area contributed by atoms with Gasteiger partial charge in [0.1, 0.15) is 0 Å². The van der Waals surface area contributed by atoms with Crippen molar-refractivity contribution in [1.29, 1.82) is 0 Å². The summed E-state index contributed by atoms with van der Waals surface area (Å²) < 4.78 is 15.4. The van der Waals surface area contributed by atoms with Gasteiger partial charge in [-0.3, -0.25) is 9.59 Å². The normalized spacial score (nSPS) is 9.14. The third-order valence-corrected chi connectivity index (χ3v) is 5.14. The first-order chi connectivity index (χ1) is 10.3. The molecular weight excluding hydrogens is 551 g/mol. The van der Waals surface area contributed by atoms with E-state index in [1.165, 1.54) is 20.8 Å². The molecule has 0 atom stereocenters. The molecule has 0 N–H and O–H groups in total. The number of carbonyl (C=O) groups is 3. The van der Waals surface area contributed by atoms with Gasteiger partial charge in [0, 0.05) is 13.8 Å². The number of rotatable bonds is 4. The van der Waals surface area contributed by atoms with E-state index in [0.717, 1.165) is 22.2 Å². The molecule has 0 aliphatic rings. The molecule has 8 heteroatoms. The van der Waals surface area contributed by atoms with Crippen molar-refractivity contribution in [2.24, 2.45) is 0 Å². The van der Waals surface area contributed by atoms with E-state index in [4.69, 9.17) is 5.37 Å². The number of esters is 2. The standard InChI is InChI=1S/C8H9BrO.C4H6O3.C2H4O2.Pb/c1-2-6-5-7(9)3-4-8(6)10;1-3(5)7-4(2)6;1-2(3)4;/h3-5,10H,2H2,1H3;1-2H3;1H3,(H,3,4);/q;;;+2/p-2. The maximum absolute atomic E-state index is 10.6. The van der Waals surface area contributed by atoms with E-state index in [9.17, 15) is 14.4 Å². The van der Waals surface area contributed by atoms with Gasteiger partial charge in [0.05, 0.1) is 0 Å². The molecule has 0 spiro atoms. The molecule has 0 saturated heterocycles. The Hall–Kier alpha value is -0.968. The zero-order chi connectivity index (χ0) is 17.1. The van der Waals surface area contributed by atoms with Crippen molar-refractivity contribution in [3.05, 3.63) is 28.2 Å². The molecule has 0 fully saturated rings. The molecule has 1 aromatic rings. The third kappa shape index (κ3) is 10.7. The van der Waals surface area contributed by atoms with Crippen molar-refractivity contribution < 1.29 is 24.5 Å². The van der Waals surface area contributed by atoms with Crippen LogP contribution >= 0.6 is 15.9 Å². The van der Waals surface area contributed by atoms with Crippen LogP contribution in [0, 0.1) is 0 Å². The molecule has 0 heterocycles. The van der Waals surface area contributed by atoms with Crippen LogP contribution in [-0.2, 0) is 28.2 Å². The molecule has 0 aliphatic heterocycles. The van der Waals surface area contributed by atoms with Crippen LogP contribution in [0.15, 0.2) is 22.7 Å². The van der Waals surface area contributed by atoms with Gasteiger partial charge in [-0.05, 0) is 0 Å². The Kier molecular flexibility index (Phi) is 11.1. The molecule has 6 nitrogen and oxygen atoms in total. The average Bonchev–Trinajstić information content (AvgIpc) is 2.39. The van der Waals surface area contributed by atoms with Crippen LogP contribution in [0.2, 0.25) is 0 Å². The van der Waals surface area contributed by atoms with Crippen molar-refractivity contribution in [1.82, 2.24) is 0 Å². The van der Waals surface area contributed by atoms with Gasteiger partial charge in [0.2, 0.25) is 0 Å². The van der Waals surface area contributed by atoms with Gasteiger partial charge in [-0.2, -0.15) is 0 Å². The molecule has 0 bridgehead atoms. The van der Waals surface area contributed by atoms with Gasteiger partial charge >= 0.3 is 123 Å². The first-order valence-electron chi connectivity index (χ1n) is 6.32. The molecule has 0 aromatic heterocycles. The van der Waals surface area contributed by atoms with E-state index in [0.29, 0.717) is 0 Å². The summed E-state index contributed by atoms with van der Waals surface area (Å²) in [6, 6.07) is 5.84. The van der Waals surface area contributed by atoms with E-state index in [1.807, 2.05) is 18.2 Å². The van der Waals surface area contributed by atoms with Crippen molar-refractivity contribution in [3.8, 4) is 5.75 Å². The fourth-order valence-electron chi connectivity index (χ4n) is 1.25. The summed E-state index contributed by atoms with van der Waals surface area (Å²) in [6.07, 6.45) is 0.901. The Balaban J connectivity index is 0.000000534. The number of carbonyl (C=O) groups excluding carboxylic acids is 3. The van der Waals surface area contributed by atoms with Crippen LogP contribution in [0.5, 0.6) is 5.75 Å². The molecule has 2 radical (unpaired) electrons. The van der Waals surface area contributed by atoms with Gasteiger partial charge in [0.15, 0.2) is 0 Å². The summed E-state index contributed by atoms with van der Waals surface area (Å²) in [5.41, 5.74) is 1.13. The van der Waals surface area contributed by atoms with Crippen LogP contribution in [0.1, 0.15) is 33.3 Å². The second-order valence-electron chi connectivity index (χ2n) is 3.97. The average molecular weight is 568 g/mol. The number of halogens is 1. The first kappa shape index (κ1) is 21.0. The molecule has 1 aromatic carbocycles. The molecule has 1 rings (SSSR count). The molecule has 120 valence electrons. The minimum atomic E-state index is -1.72. The molecule has 0 saturated carbocycles. The Morgan fingerprint density at radius 1 is 1.09 bits per heavy atom. The van der Waals surface area contributed by atoms with Crippen LogP contribution in [0.25, 0.3) is 0 Å². The van der Waals surface area contributed by atoms with Crippen molar-refractivity contribution in [2.45, 2.75) is 34.1 Å². The molecule has 0 unspecified atom stereocenters. The molecule has 0 aliphatic carbocycles. The summed E-state index contributed by atoms with van der Waals surface area (Å²) in [5, 5.41) is 0. The van der Waals surface area contributed by atoms with E-state index < -0.39 is 37.1 Å². The number of aryl methyl sites for hydroxylation is 1. The van der Waals surface area contributed by atoms with Gasteiger partial charge in [0.25, 0.3) is 0 Å². The first-order valence-corrected chi connectivity index (χ1v) is 10.3. The Labute approximate surface area is 151 Å². The summed E-state index contributed by atoms with van der Waals surface area (Å²) in [6.45, 7) is 5.83. The van der Waals surface area contributed by atoms with E-state index in [2.05, 4.69) is 27.6 Å². The summed E-state index contributed by atoms with van der Waals surface area (Å²) in [5.74, 6) is -0.543. The van der Waals surface area contributed by atoms with Crippen LogP contribution in [-0.4, -0.2) is 43.0 Å². The Bertz CT molecular complexity index is 520. The van der Waals surface area contributed by atoms with Crippen LogP contribution in [0.4, 0.5) is 0 Å². The van der Waals surface area contributed by atoms with E-state index in [1.54, 1.807) is 0 Å². The maximum atomic E-state index is 10.6.